The molecule has 21 heavy (non-hydrogen) atoms. The Hall–Kier alpha value is -1.33. The summed E-state index contributed by atoms with van der Waals surface area (Å²) in [6, 6.07) is 3.82. The number of benzene rings is 1. The Bertz CT molecular complexity index is 523. The number of halogens is 2. The summed E-state index contributed by atoms with van der Waals surface area (Å²) in [5, 5.41) is 13.7. The summed E-state index contributed by atoms with van der Waals surface area (Å²) in [6.45, 7) is 4.45. The Morgan fingerprint density at radius 3 is 2.43 bits per heavy atom. The van der Waals surface area contributed by atoms with Crippen LogP contribution < -0.4 is 5.32 Å². The van der Waals surface area contributed by atoms with Crippen LogP contribution in [0.4, 0.5) is 5.69 Å². The zero-order chi connectivity index (χ0) is 16.0. The Kier molecular flexibility index (Phi) is 6.42. The van der Waals surface area contributed by atoms with Gasteiger partial charge in [0, 0.05) is 40.6 Å². The van der Waals surface area contributed by atoms with Gasteiger partial charge in [0.2, 0.25) is 0 Å². The van der Waals surface area contributed by atoms with E-state index in [4.69, 9.17) is 23.2 Å². The van der Waals surface area contributed by atoms with E-state index in [1.165, 1.54) is 18.2 Å². The van der Waals surface area contributed by atoms with Gasteiger partial charge in [-0.25, -0.2) is 0 Å². The number of non-ortho nitro benzene ring substituents is 1. The molecule has 1 rings (SSSR count). The van der Waals surface area contributed by atoms with E-state index in [2.05, 4.69) is 5.32 Å². The van der Waals surface area contributed by atoms with E-state index in [-0.39, 0.29) is 21.7 Å². The molecule has 116 valence electrons. The van der Waals surface area contributed by atoms with Crippen LogP contribution >= 0.6 is 23.2 Å². The molecule has 1 amide bonds. The molecule has 0 aliphatic rings. The molecule has 1 aromatic carbocycles. The van der Waals surface area contributed by atoms with Crippen LogP contribution in [-0.2, 0) is 0 Å². The number of hydrogen-bond acceptors (Lipinski definition) is 3. The number of nitrogens with one attached hydrogen (secondary N) is 1. The van der Waals surface area contributed by atoms with Gasteiger partial charge in [0.15, 0.2) is 0 Å². The largest absolute Gasteiger partial charge is 0.351 e. The van der Waals surface area contributed by atoms with Crippen LogP contribution in [0.25, 0.3) is 0 Å². The van der Waals surface area contributed by atoms with Crippen molar-refractivity contribution in [3.05, 3.63) is 38.9 Å². The van der Waals surface area contributed by atoms with Crippen LogP contribution in [0.15, 0.2) is 18.2 Å². The summed E-state index contributed by atoms with van der Waals surface area (Å²) in [4.78, 5) is 22.3. The number of carbonyl (C=O) groups is 1. The standard InChI is InChI=1S/C14H18Cl2N2O3/c1-3-14(4-2,8-15)9-17-13(19)10-5-11(16)7-12(6-10)18(20)21/h5-7H,3-4,8-9H2,1-2H3,(H,17,19). The van der Waals surface area contributed by atoms with E-state index in [1.807, 2.05) is 13.8 Å². The topological polar surface area (TPSA) is 72.2 Å². The summed E-state index contributed by atoms with van der Waals surface area (Å²) in [6.07, 6.45) is 1.67. The lowest BCUT2D eigenvalue weighted by atomic mass is 9.84. The minimum atomic E-state index is -0.580. The van der Waals surface area contributed by atoms with Crippen LogP contribution in [-0.4, -0.2) is 23.3 Å². The molecule has 0 saturated heterocycles. The predicted molar refractivity (Wildman–Crippen MR) is 84.2 cm³/mol. The third-order valence-corrected chi connectivity index (χ3v) is 4.55. The number of nitro groups is 1. The van der Waals surface area contributed by atoms with Gasteiger partial charge in [0.1, 0.15) is 0 Å². The first kappa shape index (κ1) is 17.7. The molecule has 7 heteroatoms. The third kappa shape index (κ3) is 4.58. The summed E-state index contributed by atoms with van der Waals surface area (Å²) in [5.41, 5.74) is -0.200. The highest BCUT2D eigenvalue weighted by Crippen LogP contribution is 2.27. The maximum absolute atomic E-state index is 12.1. The molecule has 0 atom stereocenters. The fourth-order valence-electron chi connectivity index (χ4n) is 1.92. The molecule has 0 unspecified atom stereocenters. The molecule has 0 fully saturated rings. The number of alkyl halides is 1. The fraction of sp³-hybridized carbons (Fsp3) is 0.500. The summed E-state index contributed by atoms with van der Waals surface area (Å²) >= 11 is 11.8. The number of nitrogens with zero attached hydrogens (tertiary/aromatic N) is 1. The van der Waals surface area contributed by atoms with Crippen molar-refractivity contribution in [1.82, 2.24) is 5.32 Å². The van der Waals surface area contributed by atoms with Gasteiger partial charge in [-0.05, 0) is 18.9 Å². The zero-order valence-electron chi connectivity index (χ0n) is 12.0. The maximum atomic E-state index is 12.1. The van der Waals surface area contributed by atoms with Crippen LogP contribution in [0, 0.1) is 15.5 Å². The molecule has 0 aliphatic heterocycles. The Morgan fingerprint density at radius 2 is 1.95 bits per heavy atom. The van der Waals surface area contributed by atoms with Gasteiger partial charge in [-0.15, -0.1) is 11.6 Å². The highest BCUT2D eigenvalue weighted by atomic mass is 35.5. The van der Waals surface area contributed by atoms with Crippen molar-refractivity contribution in [2.75, 3.05) is 12.4 Å². The van der Waals surface area contributed by atoms with E-state index in [0.29, 0.717) is 12.4 Å². The molecule has 0 saturated carbocycles. The molecule has 5 nitrogen and oxygen atoms in total. The van der Waals surface area contributed by atoms with Gasteiger partial charge in [0.25, 0.3) is 11.6 Å². The van der Waals surface area contributed by atoms with Crippen LogP contribution in [0.3, 0.4) is 0 Å². The Morgan fingerprint density at radius 1 is 1.33 bits per heavy atom. The summed E-state index contributed by atoms with van der Waals surface area (Å²) < 4.78 is 0. The van der Waals surface area contributed by atoms with E-state index in [1.54, 1.807) is 0 Å². The number of nitro benzene ring substituents is 1. The SMILES string of the molecule is CCC(CC)(CCl)CNC(=O)c1cc(Cl)cc([N+](=O)[O-])c1. The van der Waals surface area contributed by atoms with Crippen molar-refractivity contribution in [2.24, 2.45) is 5.41 Å². The Balaban J connectivity index is 2.87. The number of amides is 1. The summed E-state index contributed by atoms with van der Waals surface area (Å²) in [7, 11) is 0. The first-order chi connectivity index (χ1) is 9.87. The molecule has 0 spiro atoms. The number of carbonyl (C=O) groups excluding carboxylic acids is 1. The Labute approximate surface area is 133 Å². The molecular weight excluding hydrogens is 315 g/mol. The van der Waals surface area contributed by atoms with E-state index < -0.39 is 10.8 Å². The van der Waals surface area contributed by atoms with Crippen LogP contribution in [0.1, 0.15) is 37.0 Å². The molecule has 1 aromatic rings. The number of hydrogen-bond donors (Lipinski definition) is 1. The van der Waals surface area contributed by atoms with Crippen molar-refractivity contribution in [2.45, 2.75) is 26.7 Å². The molecule has 0 heterocycles. The van der Waals surface area contributed by atoms with E-state index in [0.717, 1.165) is 12.8 Å². The van der Waals surface area contributed by atoms with Gasteiger partial charge in [-0.3, -0.25) is 14.9 Å². The van der Waals surface area contributed by atoms with Crippen molar-refractivity contribution in [1.29, 1.82) is 0 Å². The van der Waals surface area contributed by atoms with Crippen molar-refractivity contribution in [3.63, 3.8) is 0 Å². The van der Waals surface area contributed by atoms with Crippen molar-refractivity contribution < 1.29 is 9.72 Å². The van der Waals surface area contributed by atoms with E-state index >= 15 is 0 Å². The van der Waals surface area contributed by atoms with Gasteiger partial charge in [0.05, 0.1) is 4.92 Å². The van der Waals surface area contributed by atoms with Crippen molar-refractivity contribution in [3.8, 4) is 0 Å². The van der Waals surface area contributed by atoms with E-state index in [9.17, 15) is 14.9 Å². The molecule has 0 bridgehead atoms. The lowest BCUT2D eigenvalue weighted by Crippen LogP contribution is -2.38. The van der Waals surface area contributed by atoms with Crippen LogP contribution in [0.5, 0.6) is 0 Å². The zero-order valence-corrected chi connectivity index (χ0v) is 13.5. The second-order valence-corrected chi connectivity index (χ2v) is 5.68. The summed E-state index contributed by atoms with van der Waals surface area (Å²) in [5.74, 6) is 0.0488. The highest BCUT2D eigenvalue weighted by molar-refractivity contribution is 6.31. The third-order valence-electron chi connectivity index (χ3n) is 3.76. The minimum Gasteiger partial charge on any atom is -0.351 e. The first-order valence-corrected chi connectivity index (χ1v) is 7.58. The average Bonchev–Trinajstić information content (AvgIpc) is 2.48. The average molecular weight is 333 g/mol. The molecule has 0 aliphatic carbocycles. The van der Waals surface area contributed by atoms with Crippen molar-refractivity contribution >= 4 is 34.8 Å². The second kappa shape index (κ2) is 7.61. The molecular formula is C14H18Cl2N2O3. The minimum absolute atomic E-state index is 0.156. The monoisotopic (exact) mass is 332 g/mol. The number of rotatable bonds is 7. The molecule has 0 radical (unpaired) electrons. The fourth-order valence-corrected chi connectivity index (χ4v) is 2.62. The second-order valence-electron chi connectivity index (χ2n) is 4.98. The molecule has 1 N–H and O–H groups in total. The van der Waals surface area contributed by atoms with Gasteiger partial charge in [-0.1, -0.05) is 25.4 Å². The van der Waals surface area contributed by atoms with Gasteiger partial charge >= 0.3 is 0 Å². The van der Waals surface area contributed by atoms with Gasteiger partial charge in [-0.2, -0.15) is 0 Å². The lowest BCUT2D eigenvalue weighted by molar-refractivity contribution is -0.384. The van der Waals surface area contributed by atoms with Gasteiger partial charge < -0.3 is 5.32 Å². The maximum Gasteiger partial charge on any atom is 0.271 e. The first-order valence-electron chi connectivity index (χ1n) is 6.66. The quantitative estimate of drug-likeness (QED) is 0.465. The van der Waals surface area contributed by atoms with Crippen LogP contribution in [0.2, 0.25) is 5.02 Å². The highest BCUT2D eigenvalue weighted by Gasteiger charge is 2.26. The molecule has 0 aromatic heterocycles. The normalized spacial score (nSPS) is 11.2. The predicted octanol–water partition coefficient (Wildman–Crippen LogP) is 4.02. The smallest absolute Gasteiger partial charge is 0.271 e. The lowest BCUT2D eigenvalue weighted by Gasteiger charge is -2.29.